The smallest absolute Gasteiger partial charge is 0.172 e. The first-order chi connectivity index (χ1) is 20.8. The van der Waals surface area contributed by atoms with Gasteiger partial charge in [-0.15, -0.1) is 16.7 Å². The third kappa shape index (κ3) is 9.25. The monoisotopic (exact) mass is 654 g/mol. The van der Waals surface area contributed by atoms with Crippen molar-refractivity contribution in [3.8, 4) is 11.1 Å². The van der Waals surface area contributed by atoms with E-state index >= 15 is 0 Å². The molecule has 0 fully saturated rings. The van der Waals surface area contributed by atoms with Crippen molar-refractivity contribution >= 4 is 3.21 Å². The van der Waals surface area contributed by atoms with Gasteiger partial charge in [-0.25, -0.2) is 12.1 Å². The number of rotatable bonds is 4. The second-order valence-corrected chi connectivity index (χ2v) is 15.8. The van der Waals surface area contributed by atoms with E-state index in [-0.39, 0.29) is 10.8 Å². The molecule has 1 aliphatic carbocycles. The Morgan fingerprint density at radius 3 is 1.64 bits per heavy atom. The zero-order valence-electron chi connectivity index (χ0n) is 28.0. The summed E-state index contributed by atoms with van der Waals surface area (Å²) in [6, 6.07) is 42.4. The third-order valence-corrected chi connectivity index (χ3v) is 9.03. The van der Waals surface area contributed by atoms with Crippen LogP contribution in [0.25, 0.3) is 11.1 Å². The predicted octanol–water partition coefficient (Wildman–Crippen LogP) is 10.9. The molecule has 0 heterocycles. The molecular weight excluding hydrogens is 608 g/mol. The summed E-state index contributed by atoms with van der Waals surface area (Å²) >= 11 is 1.55. The van der Waals surface area contributed by atoms with Gasteiger partial charge in [0.2, 0.25) is 0 Å². The van der Waals surface area contributed by atoms with Gasteiger partial charge in [0, 0.05) is 0 Å². The normalized spacial score (nSPS) is 11.9. The second kappa shape index (κ2) is 14.8. The Morgan fingerprint density at radius 1 is 0.682 bits per heavy atom. The van der Waals surface area contributed by atoms with Crippen LogP contribution < -0.4 is 0 Å². The SMILES string of the molecule is Cc1[c-]c2c(cc1C(C)(C)C)-c1cc(C(C)(C)C)c(C)cc1C2.[Zr+2]=[C](Cc1ccccc1)Cc1ccccc1.c1cc[cH-]c1. The van der Waals surface area contributed by atoms with E-state index in [4.69, 9.17) is 0 Å². The Kier molecular flexibility index (Phi) is 11.4. The van der Waals surface area contributed by atoms with Crippen molar-refractivity contribution in [2.75, 3.05) is 0 Å². The zero-order valence-corrected chi connectivity index (χ0v) is 30.5. The van der Waals surface area contributed by atoms with Crippen LogP contribution in [0, 0.1) is 19.9 Å². The molecule has 0 N–H and O–H groups in total. The van der Waals surface area contributed by atoms with E-state index < -0.39 is 0 Å². The molecule has 0 aromatic heterocycles. The van der Waals surface area contributed by atoms with Gasteiger partial charge in [-0.3, -0.25) is 0 Å². The van der Waals surface area contributed by atoms with Gasteiger partial charge >= 0.3 is 112 Å². The number of fused-ring (bicyclic) bond motifs is 3. The van der Waals surface area contributed by atoms with E-state index in [0.29, 0.717) is 0 Å². The number of hydrogen-bond acceptors (Lipinski definition) is 0. The molecule has 0 amide bonds. The van der Waals surface area contributed by atoms with Crippen molar-refractivity contribution in [2.45, 2.75) is 85.5 Å². The minimum Gasteiger partial charge on any atom is -0.214 e. The maximum Gasteiger partial charge on any atom is -0.172 e. The topological polar surface area (TPSA) is 0 Å². The van der Waals surface area contributed by atoms with Gasteiger partial charge in [0.15, 0.2) is 0 Å². The Labute approximate surface area is 282 Å². The summed E-state index contributed by atoms with van der Waals surface area (Å²) in [6.07, 6.45) is 3.27. The number of aryl methyl sites for hydroxylation is 2. The maximum absolute atomic E-state index is 3.69. The molecule has 0 saturated heterocycles. The van der Waals surface area contributed by atoms with Gasteiger partial charge < -0.3 is 0 Å². The van der Waals surface area contributed by atoms with Gasteiger partial charge in [0.25, 0.3) is 0 Å². The Morgan fingerprint density at radius 2 is 1.18 bits per heavy atom. The largest absolute Gasteiger partial charge is 0.214 e. The molecule has 0 unspecified atom stereocenters. The van der Waals surface area contributed by atoms with E-state index in [1.54, 1.807) is 27.4 Å². The molecule has 5 aromatic rings. The summed E-state index contributed by atoms with van der Waals surface area (Å²) < 4.78 is 1.60. The molecule has 5 aromatic carbocycles. The molecule has 224 valence electrons. The second-order valence-electron chi connectivity index (χ2n) is 14.1. The zero-order chi connectivity index (χ0) is 31.9. The van der Waals surface area contributed by atoms with Gasteiger partial charge in [0.1, 0.15) is 0 Å². The molecule has 0 bridgehead atoms. The summed E-state index contributed by atoms with van der Waals surface area (Å²) in [5.74, 6) is 0. The summed E-state index contributed by atoms with van der Waals surface area (Å²) in [7, 11) is 0. The molecule has 1 aliphatic rings. The van der Waals surface area contributed by atoms with Crippen LogP contribution in [0.2, 0.25) is 0 Å². The fraction of sp³-hybridized carbons (Fsp3) is 0.302. The fourth-order valence-electron chi connectivity index (χ4n) is 6.09. The van der Waals surface area contributed by atoms with E-state index in [9.17, 15) is 0 Å². The van der Waals surface area contributed by atoms with Crippen LogP contribution in [-0.4, -0.2) is 3.21 Å². The number of benzene rings is 4. The molecule has 0 saturated carbocycles. The van der Waals surface area contributed by atoms with Crippen molar-refractivity contribution in [3.63, 3.8) is 0 Å². The first-order valence-electron chi connectivity index (χ1n) is 15.8. The van der Waals surface area contributed by atoms with Crippen LogP contribution in [0.4, 0.5) is 0 Å². The molecular formula is C43H48Zr. The Hall–Kier alpha value is -3.02. The van der Waals surface area contributed by atoms with E-state index in [1.165, 1.54) is 55.6 Å². The van der Waals surface area contributed by atoms with Crippen LogP contribution >= 0.6 is 0 Å². The third-order valence-electron chi connectivity index (χ3n) is 8.16. The fourth-order valence-corrected chi connectivity index (χ4v) is 7.09. The summed E-state index contributed by atoms with van der Waals surface area (Å²) in [6.45, 7) is 18.2. The quantitative estimate of drug-likeness (QED) is 0.166. The van der Waals surface area contributed by atoms with Crippen LogP contribution in [-0.2, 0) is 54.3 Å². The van der Waals surface area contributed by atoms with Gasteiger partial charge in [-0.1, -0.05) is 71.6 Å². The Balaban J connectivity index is 0.000000181. The van der Waals surface area contributed by atoms with E-state index in [0.717, 1.165) is 19.3 Å². The number of hydrogen-bond donors (Lipinski definition) is 0. The summed E-state index contributed by atoms with van der Waals surface area (Å²) in [5, 5.41) is 0. The molecule has 0 atom stereocenters. The molecule has 0 nitrogen and oxygen atoms in total. The van der Waals surface area contributed by atoms with Crippen molar-refractivity contribution in [1.29, 1.82) is 0 Å². The minimum atomic E-state index is 0.163. The van der Waals surface area contributed by atoms with Crippen LogP contribution in [0.3, 0.4) is 0 Å². The van der Waals surface area contributed by atoms with Gasteiger partial charge in [0.05, 0.1) is 0 Å². The molecule has 0 spiro atoms. The van der Waals surface area contributed by atoms with Crippen molar-refractivity contribution < 1.29 is 24.2 Å². The molecule has 1 heteroatoms. The van der Waals surface area contributed by atoms with E-state index in [2.05, 4.69) is 140 Å². The average molecular weight is 656 g/mol. The summed E-state index contributed by atoms with van der Waals surface area (Å²) in [5.41, 5.74) is 14.5. The van der Waals surface area contributed by atoms with E-state index in [1.807, 2.05) is 30.3 Å². The van der Waals surface area contributed by atoms with Crippen LogP contribution in [0.15, 0.2) is 109 Å². The first-order valence-corrected chi connectivity index (χ1v) is 17.1. The molecule has 0 radical (unpaired) electrons. The van der Waals surface area contributed by atoms with Crippen LogP contribution in [0.1, 0.15) is 86.1 Å². The van der Waals surface area contributed by atoms with Crippen molar-refractivity contribution in [1.82, 2.24) is 0 Å². The molecule has 6 rings (SSSR count). The van der Waals surface area contributed by atoms with Gasteiger partial charge in [-0.2, -0.15) is 35.9 Å². The standard InChI is InChI=1S/C23H29.C15H14.C5H5.Zr/c1-14-9-16-11-17-10-15(2)21(23(6,7)8)13-19(17)18(16)12-20(14)22(3,4)5;1-3-8-14(9-4-1)12-7-13-15-10-5-2-6-11-15;1-2-4-5-3-1;/h9,12-13H,11H2,1-8H3;1-6,8-11H,12-13H2;1-5H;/q-1;;-1;+2. The van der Waals surface area contributed by atoms with Crippen molar-refractivity contribution in [2.24, 2.45) is 0 Å². The van der Waals surface area contributed by atoms with Gasteiger partial charge in [-0.05, 0) is 35.4 Å². The summed E-state index contributed by atoms with van der Waals surface area (Å²) in [4.78, 5) is 0. The Bertz CT molecular complexity index is 1510. The minimum absolute atomic E-state index is 0.163. The maximum atomic E-state index is 3.69. The molecule has 44 heavy (non-hydrogen) atoms. The molecule has 0 aliphatic heterocycles. The van der Waals surface area contributed by atoms with Crippen molar-refractivity contribution in [3.05, 3.63) is 160 Å². The predicted molar refractivity (Wildman–Crippen MR) is 188 cm³/mol. The van der Waals surface area contributed by atoms with Crippen LogP contribution in [0.5, 0.6) is 0 Å². The first kappa shape index (κ1) is 33.9. The average Bonchev–Trinajstić information content (AvgIpc) is 3.64.